The van der Waals surface area contributed by atoms with Gasteiger partial charge in [-0.3, -0.25) is 4.90 Å². The summed E-state index contributed by atoms with van der Waals surface area (Å²) < 4.78 is 10.6. The molecule has 3 rings (SSSR count). The van der Waals surface area contributed by atoms with Crippen molar-refractivity contribution in [3.63, 3.8) is 0 Å². The molecule has 0 bridgehead atoms. The van der Waals surface area contributed by atoms with Crippen LogP contribution in [0.5, 0.6) is 0 Å². The summed E-state index contributed by atoms with van der Waals surface area (Å²) in [5.41, 5.74) is 0.132. The number of hydrogen-bond acceptors (Lipinski definition) is 9. The molecule has 1 N–H and O–H groups in total. The van der Waals surface area contributed by atoms with Crippen LogP contribution in [-0.2, 0) is 14.3 Å². The zero-order valence-electron chi connectivity index (χ0n) is 19.6. The van der Waals surface area contributed by atoms with Gasteiger partial charge in [0.15, 0.2) is 0 Å². The SMILES string of the molecule is CCOC(=O)C1=C(O)c2cnc(C)nc2N(CCN2CCN(C(=O)OC(C)(C)C)CC2)C1. The van der Waals surface area contributed by atoms with E-state index < -0.39 is 11.6 Å². The van der Waals surface area contributed by atoms with E-state index in [-0.39, 0.29) is 30.6 Å². The van der Waals surface area contributed by atoms with E-state index in [2.05, 4.69) is 14.9 Å². The first-order valence-corrected chi connectivity index (χ1v) is 11.0. The molecule has 0 aromatic carbocycles. The number of nitrogens with zero attached hydrogens (tertiary/aromatic N) is 5. The number of ether oxygens (including phenoxy) is 2. The maximum Gasteiger partial charge on any atom is 0.410 e. The number of anilines is 1. The minimum absolute atomic E-state index is 0.124. The van der Waals surface area contributed by atoms with Gasteiger partial charge in [-0.2, -0.15) is 0 Å². The topological polar surface area (TPSA) is 108 Å². The number of hydrogen-bond donors (Lipinski definition) is 1. The number of carbonyl (C=O) groups is 2. The minimum Gasteiger partial charge on any atom is -0.506 e. The van der Waals surface area contributed by atoms with Gasteiger partial charge in [0.05, 0.1) is 24.3 Å². The third-order valence-corrected chi connectivity index (χ3v) is 5.31. The second-order valence-electron chi connectivity index (χ2n) is 8.93. The Kier molecular flexibility index (Phi) is 7.22. The van der Waals surface area contributed by atoms with Gasteiger partial charge in [-0.15, -0.1) is 0 Å². The Morgan fingerprint density at radius 1 is 1.16 bits per heavy atom. The average molecular weight is 448 g/mol. The van der Waals surface area contributed by atoms with Gasteiger partial charge in [-0.05, 0) is 34.6 Å². The predicted octanol–water partition coefficient (Wildman–Crippen LogP) is 1.99. The molecule has 1 aromatic rings. The maximum atomic E-state index is 12.4. The summed E-state index contributed by atoms with van der Waals surface area (Å²) in [6.07, 6.45) is 1.26. The highest BCUT2D eigenvalue weighted by Gasteiger charge is 2.31. The van der Waals surface area contributed by atoms with Gasteiger partial charge in [0.1, 0.15) is 23.0 Å². The van der Waals surface area contributed by atoms with Crippen molar-refractivity contribution in [2.24, 2.45) is 0 Å². The first kappa shape index (κ1) is 23.8. The van der Waals surface area contributed by atoms with Crippen molar-refractivity contribution >= 4 is 23.6 Å². The third kappa shape index (κ3) is 5.67. The molecule has 2 aliphatic rings. The average Bonchev–Trinajstić information content (AvgIpc) is 2.72. The molecule has 1 amide bonds. The van der Waals surface area contributed by atoms with E-state index in [4.69, 9.17) is 9.47 Å². The fourth-order valence-electron chi connectivity index (χ4n) is 3.68. The summed E-state index contributed by atoms with van der Waals surface area (Å²) in [5, 5.41) is 10.6. The van der Waals surface area contributed by atoms with Crippen LogP contribution in [0.2, 0.25) is 0 Å². The standard InChI is InChI=1S/C22H33N5O5/c1-6-31-20(29)17-14-27(19-16(18(17)28)13-23-15(2)24-19)12-9-25-7-10-26(11-8-25)21(30)32-22(3,4)5/h13,28H,6-12,14H2,1-5H3. The molecular weight excluding hydrogens is 414 g/mol. The first-order chi connectivity index (χ1) is 15.1. The van der Waals surface area contributed by atoms with Crippen LogP contribution in [0.1, 0.15) is 39.1 Å². The molecule has 10 nitrogen and oxygen atoms in total. The number of esters is 1. The minimum atomic E-state index is -0.535. The van der Waals surface area contributed by atoms with Crippen molar-refractivity contribution < 1.29 is 24.2 Å². The molecule has 0 spiro atoms. The van der Waals surface area contributed by atoms with E-state index in [1.54, 1.807) is 18.7 Å². The maximum absolute atomic E-state index is 12.4. The molecule has 1 fully saturated rings. The number of carbonyl (C=O) groups excluding carboxylic acids is 2. The molecule has 32 heavy (non-hydrogen) atoms. The van der Waals surface area contributed by atoms with Gasteiger partial charge in [0, 0.05) is 45.5 Å². The highest BCUT2D eigenvalue weighted by atomic mass is 16.6. The van der Waals surface area contributed by atoms with Crippen molar-refractivity contribution in [3.05, 3.63) is 23.2 Å². The Hall–Kier alpha value is -2.88. The summed E-state index contributed by atoms with van der Waals surface area (Å²) in [6.45, 7) is 13.5. The van der Waals surface area contributed by atoms with Crippen LogP contribution in [0.4, 0.5) is 10.6 Å². The monoisotopic (exact) mass is 447 g/mol. The van der Waals surface area contributed by atoms with Crippen LogP contribution < -0.4 is 4.90 Å². The normalized spacial score (nSPS) is 17.3. The summed E-state index contributed by atoms with van der Waals surface area (Å²) in [5.74, 6) is 0.537. The lowest BCUT2D eigenvalue weighted by Gasteiger charge is -2.37. The van der Waals surface area contributed by atoms with Crippen molar-refractivity contribution in [2.45, 2.75) is 40.2 Å². The van der Waals surface area contributed by atoms with Crippen LogP contribution in [0.25, 0.3) is 5.76 Å². The second kappa shape index (κ2) is 9.72. The van der Waals surface area contributed by atoms with E-state index in [9.17, 15) is 14.7 Å². The Morgan fingerprint density at radius 3 is 2.47 bits per heavy atom. The molecule has 3 heterocycles. The Labute approximate surface area is 188 Å². The fourth-order valence-corrected chi connectivity index (χ4v) is 3.68. The Balaban J connectivity index is 1.64. The van der Waals surface area contributed by atoms with Crippen molar-refractivity contribution in [3.8, 4) is 0 Å². The lowest BCUT2D eigenvalue weighted by Crippen LogP contribution is -2.51. The van der Waals surface area contributed by atoms with E-state index in [1.807, 2.05) is 25.7 Å². The molecule has 0 atom stereocenters. The van der Waals surface area contributed by atoms with E-state index in [0.717, 1.165) is 19.6 Å². The van der Waals surface area contributed by atoms with Gasteiger partial charge < -0.3 is 24.4 Å². The fraction of sp³-hybridized carbons (Fsp3) is 0.636. The van der Waals surface area contributed by atoms with Gasteiger partial charge in [-0.1, -0.05) is 0 Å². The second-order valence-corrected chi connectivity index (χ2v) is 8.93. The number of aromatic nitrogens is 2. The molecule has 0 aliphatic carbocycles. The molecule has 0 unspecified atom stereocenters. The summed E-state index contributed by atoms with van der Waals surface area (Å²) in [7, 11) is 0. The van der Waals surface area contributed by atoms with Crippen LogP contribution in [0.15, 0.2) is 11.8 Å². The van der Waals surface area contributed by atoms with Gasteiger partial charge in [0.2, 0.25) is 0 Å². The highest BCUT2D eigenvalue weighted by Crippen LogP contribution is 2.31. The molecule has 10 heteroatoms. The van der Waals surface area contributed by atoms with Gasteiger partial charge in [0.25, 0.3) is 0 Å². The third-order valence-electron chi connectivity index (χ3n) is 5.31. The summed E-state index contributed by atoms with van der Waals surface area (Å²) >= 11 is 0. The molecule has 1 saturated heterocycles. The van der Waals surface area contributed by atoms with E-state index >= 15 is 0 Å². The molecule has 1 aromatic heterocycles. The number of fused-ring (bicyclic) bond motifs is 1. The smallest absolute Gasteiger partial charge is 0.410 e. The van der Waals surface area contributed by atoms with E-state index in [0.29, 0.717) is 36.8 Å². The lowest BCUT2D eigenvalue weighted by atomic mass is 10.0. The van der Waals surface area contributed by atoms with Crippen LogP contribution in [0, 0.1) is 6.92 Å². The van der Waals surface area contributed by atoms with E-state index in [1.165, 1.54) is 6.20 Å². The largest absolute Gasteiger partial charge is 0.506 e. The number of aliphatic hydroxyl groups excluding tert-OH is 1. The summed E-state index contributed by atoms with van der Waals surface area (Å²) in [6, 6.07) is 0. The summed E-state index contributed by atoms with van der Waals surface area (Å²) in [4.78, 5) is 39.3. The number of rotatable bonds is 5. The molecule has 0 radical (unpaired) electrons. The predicted molar refractivity (Wildman–Crippen MR) is 119 cm³/mol. The van der Waals surface area contributed by atoms with Gasteiger partial charge in [-0.25, -0.2) is 19.6 Å². The number of aryl methyl sites for hydroxylation is 1. The van der Waals surface area contributed by atoms with Crippen molar-refractivity contribution in [2.75, 3.05) is 57.3 Å². The van der Waals surface area contributed by atoms with Crippen LogP contribution in [-0.4, -0.2) is 95.0 Å². The van der Waals surface area contributed by atoms with Crippen molar-refractivity contribution in [1.29, 1.82) is 0 Å². The molecule has 176 valence electrons. The number of aliphatic hydroxyl groups is 1. The Bertz CT molecular complexity index is 887. The lowest BCUT2D eigenvalue weighted by molar-refractivity contribution is -0.138. The van der Waals surface area contributed by atoms with Gasteiger partial charge >= 0.3 is 12.1 Å². The Morgan fingerprint density at radius 2 is 1.84 bits per heavy atom. The quantitative estimate of drug-likeness (QED) is 0.678. The number of amides is 1. The van der Waals surface area contributed by atoms with Crippen molar-refractivity contribution in [1.82, 2.24) is 19.8 Å². The number of piperazine rings is 1. The van der Waals surface area contributed by atoms with Crippen LogP contribution >= 0.6 is 0 Å². The van der Waals surface area contributed by atoms with Crippen LogP contribution in [0.3, 0.4) is 0 Å². The zero-order valence-corrected chi connectivity index (χ0v) is 19.6. The highest BCUT2D eigenvalue weighted by molar-refractivity contribution is 5.99. The zero-order chi connectivity index (χ0) is 23.5. The first-order valence-electron chi connectivity index (χ1n) is 11.0. The molecule has 0 saturated carbocycles. The molecular formula is C22H33N5O5. The molecule has 2 aliphatic heterocycles.